The quantitative estimate of drug-likeness (QED) is 0.618. The van der Waals surface area contributed by atoms with Gasteiger partial charge in [-0.1, -0.05) is 13.3 Å². The van der Waals surface area contributed by atoms with Crippen molar-refractivity contribution in [3.05, 3.63) is 0 Å². The standard InChI is InChI=1S/C7H13NO/c1-2-3-7(6-9)4-5-8/h7,9H,2-4,6H2,1H3. The van der Waals surface area contributed by atoms with E-state index in [0.717, 1.165) is 12.8 Å². The maximum Gasteiger partial charge on any atom is 0.0625 e. The van der Waals surface area contributed by atoms with Gasteiger partial charge in [0.25, 0.3) is 0 Å². The molecular weight excluding hydrogens is 114 g/mol. The number of nitrogens with zero attached hydrogens (tertiary/aromatic N) is 1. The van der Waals surface area contributed by atoms with E-state index in [9.17, 15) is 0 Å². The molecule has 0 aromatic heterocycles. The highest BCUT2D eigenvalue weighted by atomic mass is 16.3. The summed E-state index contributed by atoms with van der Waals surface area (Å²) >= 11 is 0. The van der Waals surface area contributed by atoms with Crippen molar-refractivity contribution in [3.8, 4) is 6.07 Å². The summed E-state index contributed by atoms with van der Waals surface area (Å²) in [6, 6.07) is 2.04. The van der Waals surface area contributed by atoms with E-state index in [4.69, 9.17) is 10.4 Å². The Morgan fingerprint density at radius 1 is 1.67 bits per heavy atom. The van der Waals surface area contributed by atoms with E-state index in [2.05, 4.69) is 6.92 Å². The molecule has 0 saturated carbocycles. The predicted molar refractivity (Wildman–Crippen MR) is 35.7 cm³/mol. The van der Waals surface area contributed by atoms with Crippen LogP contribution in [0.1, 0.15) is 26.2 Å². The molecule has 0 rings (SSSR count). The maximum absolute atomic E-state index is 8.64. The number of rotatable bonds is 4. The zero-order valence-electron chi connectivity index (χ0n) is 5.80. The van der Waals surface area contributed by atoms with Crippen LogP contribution in [0.4, 0.5) is 0 Å². The average Bonchev–Trinajstić information content (AvgIpc) is 1.88. The summed E-state index contributed by atoms with van der Waals surface area (Å²) in [5, 5.41) is 16.9. The van der Waals surface area contributed by atoms with Gasteiger partial charge < -0.3 is 5.11 Å². The Balaban J connectivity index is 3.32. The monoisotopic (exact) mass is 127 g/mol. The van der Waals surface area contributed by atoms with E-state index in [-0.39, 0.29) is 12.5 Å². The second-order valence-electron chi connectivity index (χ2n) is 2.20. The van der Waals surface area contributed by atoms with Gasteiger partial charge in [0.2, 0.25) is 0 Å². The minimum absolute atomic E-state index is 0.154. The molecule has 0 aliphatic heterocycles. The first-order chi connectivity index (χ1) is 4.35. The molecule has 0 bridgehead atoms. The van der Waals surface area contributed by atoms with E-state index in [1.807, 2.05) is 6.07 Å². The molecule has 0 saturated heterocycles. The molecule has 52 valence electrons. The fourth-order valence-electron chi connectivity index (χ4n) is 0.795. The summed E-state index contributed by atoms with van der Waals surface area (Å²) in [6.07, 6.45) is 2.50. The summed E-state index contributed by atoms with van der Waals surface area (Å²) in [5.41, 5.74) is 0. The molecule has 1 atom stereocenters. The fourth-order valence-corrected chi connectivity index (χ4v) is 0.795. The smallest absolute Gasteiger partial charge is 0.0625 e. The third-order valence-corrected chi connectivity index (χ3v) is 1.34. The van der Waals surface area contributed by atoms with Gasteiger partial charge in [0.05, 0.1) is 6.07 Å². The summed E-state index contributed by atoms with van der Waals surface area (Å²) < 4.78 is 0. The van der Waals surface area contributed by atoms with Crippen LogP contribution in [0.5, 0.6) is 0 Å². The van der Waals surface area contributed by atoms with Gasteiger partial charge in [-0.15, -0.1) is 0 Å². The molecule has 1 unspecified atom stereocenters. The maximum atomic E-state index is 8.64. The summed E-state index contributed by atoms with van der Waals surface area (Å²) in [5.74, 6) is 0.208. The zero-order chi connectivity index (χ0) is 7.11. The van der Waals surface area contributed by atoms with Crippen molar-refractivity contribution >= 4 is 0 Å². The van der Waals surface area contributed by atoms with Gasteiger partial charge >= 0.3 is 0 Å². The topological polar surface area (TPSA) is 44.0 Å². The van der Waals surface area contributed by atoms with Gasteiger partial charge in [-0.05, 0) is 12.3 Å². The van der Waals surface area contributed by atoms with Gasteiger partial charge in [-0.2, -0.15) is 5.26 Å². The van der Waals surface area contributed by atoms with Crippen molar-refractivity contribution in [1.82, 2.24) is 0 Å². The van der Waals surface area contributed by atoms with Crippen molar-refractivity contribution in [1.29, 1.82) is 5.26 Å². The van der Waals surface area contributed by atoms with Crippen LogP contribution in [-0.2, 0) is 0 Å². The Hall–Kier alpha value is -0.550. The second-order valence-corrected chi connectivity index (χ2v) is 2.20. The number of hydrogen-bond donors (Lipinski definition) is 1. The van der Waals surface area contributed by atoms with Crippen molar-refractivity contribution < 1.29 is 5.11 Å². The van der Waals surface area contributed by atoms with Crippen LogP contribution in [0.3, 0.4) is 0 Å². The Morgan fingerprint density at radius 3 is 2.67 bits per heavy atom. The lowest BCUT2D eigenvalue weighted by Gasteiger charge is -2.05. The van der Waals surface area contributed by atoms with Crippen molar-refractivity contribution in [2.24, 2.45) is 5.92 Å². The first-order valence-corrected chi connectivity index (χ1v) is 3.33. The second kappa shape index (κ2) is 5.58. The summed E-state index contributed by atoms with van der Waals surface area (Å²) in [7, 11) is 0. The lowest BCUT2D eigenvalue weighted by molar-refractivity contribution is 0.220. The third-order valence-electron chi connectivity index (χ3n) is 1.34. The molecule has 0 radical (unpaired) electrons. The van der Waals surface area contributed by atoms with E-state index in [0.29, 0.717) is 6.42 Å². The molecule has 9 heavy (non-hydrogen) atoms. The molecule has 0 aliphatic carbocycles. The summed E-state index contributed by atoms with van der Waals surface area (Å²) in [4.78, 5) is 0. The van der Waals surface area contributed by atoms with Crippen molar-refractivity contribution in [2.45, 2.75) is 26.2 Å². The van der Waals surface area contributed by atoms with Crippen LogP contribution < -0.4 is 0 Å². The molecule has 0 aliphatic rings. The minimum Gasteiger partial charge on any atom is -0.396 e. The molecule has 0 spiro atoms. The van der Waals surface area contributed by atoms with Crippen LogP contribution >= 0.6 is 0 Å². The van der Waals surface area contributed by atoms with Gasteiger partial charge in [0.1, 0.15) is 0 Å². The Bertz CT molecular complexity index is 95.6. The Morgan fingerprint density at radius 2 is 2.33 bits per heavy atom. The van der Waals surface area contributed by atoms with Crippen molar-refractivity contribution in [2.75, 3.05) is 6.61 Å². The highest BCUT2D eigenvalue weighted by Gasteiger charge is 2.03. The van der Waals surface area contributed by atoms with Gasteiger partial charge in [0.15, 0.2) is 0 Å². The van der Waals surface area contributed by atoms with E-state index in [1.165, 1.54) is 0 Å². The van der Waals surface area contributed by atoms with Crippen LogP contribution in [0, 0.1) is 17.2 Å². The molecule has 0 heterocycles. The number of aliphatic hydroxyl groups is 1. The molecule has 0 aromatic rings. The SMILES string of the molecule is CCCC(CO)CC#N. The highest BCUT2D eigenvalue weighted by molar-refractivity contribution is 4.74. The molecule has 1 N–H and O–H groups in total. The number of hydrogen-bond acceptors (Lipinski definition) is 2. The average molecular weight is 127 g/mol. The van der Waals surface area contributed by atoms with Crippen LogP contribution in [0.15, 0.2) is 0 Å². The van der Waals surface area contributed by atoms with E-state index < -0.39 is 0 Å². The molecular formula is C7H13NO. The largest absolute Gasteiger partial charge is 0.396 e. The predicted octanol–water partition coefficient (Wildman–Crippen LogP) is 1.31. The molecule has 0 amide bonds. The minimum atomic E-state index is 0.154. The molecule has 0 fully saturated rings. The van der Waals surface area contributed by atoms with Gasteiger partial charge in [-0.25, -0.2) is 0 Å². The highest BCUT2D eigenvalue weighted by Crippen LogP contribution is 2.08. The number of aliphatic hydroxyl groups excluding tert-OH is 1. The molecule has 0 aromatic carbocycles. The third kappa shape index (κ3) is 3.99. The molecule has 2 heteroatoms. The van der Waals surface area contributed by atoms with Gasteiger partial charge in [0, 0.05) is 13.0 Å². The first kappa shape index (κ1) is 8.45. The first-order valence-electron chi connectivity index (χ1n) is 3.33. The van der Waals surface area contributed by atoms with Crippen LogP contribution in [0.25, 0.3) is 0 Å². The molecule has 2 nitrogen and oxygen atoms in total. The fraction of sp³-hybridized carbons (Fsp3) is 0.857. The van der Waals surface area contributed by atoms with Crippen LogP contribution in [-0.4, -0.2) is 11.7 Å². The van der Waals surface area contributed by atoms with E-state index >= 15 is 0 Å². The lowest BCUT2D eigenvalue weighted by atomic mass is 10.0. The van der Waals surface area contributed by atoms with Crippen molar-refractivity contribution in [3.63, 3.8) is 0 Å². The Kier molecular flexibility index (Phi) is 5.24. The number of nitriles is 1. The zero-order valence-corrected chi connectivity index (χ0v) is 5.80. The lowest BCUT2D eigenvalue weighted by Crippen LogP contribution is -2.03. The van der Waals surface area contributed by atoms with E-state index in [1.54, 1.807) is 0 Å². The Labute approximate surface area is 56.1 Å². The normalized spacial score (nSPS) is 12.6. The van der Waals surface area contributed by atoms with Crippen LogP contribution in [0.2, 0.25) is 0 Å². The summed E-state index contributed by atoms with van der Waals surface area (Å²) in [6.45, 7) is 2.21. The van der Waals surface area contributed by atoms with Gasteiger partial charge in [-0.3, -0.25) is 0 Å².